The van der Waals surface area contributed by atoms with E-state index >= 15 is 0 Å². The molecule has 0 saturated carbocycles. The minimum Gasteiger partial charge on any atom is -0.295 e. The van der Waals surface area contributed by atoms with E-state index in [1.807, 2.05) is 4.57 Å². The van der Waals surface area contributed by atoms with E-state index in [9.17, 15) is 8.78 Å². The molecule has 0 bridgehead atoms. The Morgan fingerprint density at radius 3 is 2.52 bits per heavy atom. The molecule has 0 amide bonds. The Labute approximate surface area is 138 Å². The Kier molecular flexibility index (Phi) is 4.12. The molecule has 0 unspecified atom stereocenters. The molecule has 0 N–H and O–H groups in total. The molecular weight excluding hydrogens is 409 g/mol. The standard InChI is InChI=1S/C15H10ClF2IN2/c16-6-5-15-20-12-3-1-10(18)8-14(12)21(15)13-4-2-9(17)7-11(13)19/h1-4,7-8H,5-6H2. The van der Waals surface area contributed by atoms with Gasteiger partial charge in [-0.1, -0.05) is 0 Å². The highest BCUT2D eigenvalue weighted by Crippen LogP contribution is 2.26. The first kappa shape index (κ1) is 14.7. The fourth-order valence-electron chi connectivity index (χ4n) is 2.28. The van der Waals surface area contributed by atoms with Crippen molar-refractivity contribution in [2.75, 3.05) is 5.88 Å². The van der Waals surface area contributed by atoms with Crippen molar-refractivity contribution < 1.29 is 8.78 Å². The molecule has 2 aromatic carbocycles. The van der Waals surface area contributed by atoms with Gasteiger partial charge in [-0.15, -0.1) is 11.6 Å². The summed E-state index contributed by atoms with van der Waals surface area (Å²) in [6.07, 6.45) is 0.547. The number of imidazole rings is 1. The number of hydrogen-bond acceptors (Lipinski definition) is 1. The van der Waals surface area contributed by atoms with Gasteiger partial charge in [0.2, 0.25) is 0 Å². The molecule has 0 atom stereocenters. The highest BCUT2D eigenvalue weighted by atomic mass is 127. The van der Waals surface area contributed by atoms with Crippen LogP contribution in [0.15, 0.2) is 36.4 Å². The summed E-state index contributed by atoms with van der Waals surface area (Å²) in [6, 6.07) is 8.92. The molecule has 0 radical (unpaired) electrons. The molecule has 0 fully saturated rings. The molecule has 0 aliphatic heterocycles. The van der Waals surface area contributed by atoms with Crippen molar-refractivity contribution in [3.05, 3.63) is 57.4 Å². The molecule has 0 aliphatic rings. The van der Waals surface area contributed by atoms with E-state index < -0.39 is 0 Å². The van der Waals surface area contributed by atoms with Crippen molar-refractivity contribution in [1.29, 1.82) is 0 Å². The number of alkyl halides is 1. The van der Waals surface area contributed by atoms with E-state index in [2.05, 4.69) is 27.6 Å². The van der Waals surface area contributed by atoms with Crippen LogP contribution in [0.4, 0.5) is 8.78 Å². The van der Waals surface area contributed by atoms with Crippen molar-refractivity contribution in [2.45, 2.75) is 6.42 Å². The molecule has 3 aromatic rings. The predicted molar refractivity (Wildman–Crippen MR) is 88.1 cm³/mol. The van der Waals surface area contributed by atoms with E-state index in [-0.39, 0.29) is 11.6 Å². The van der Waals surface area contributed by atoms with Crippen molar-refractivity contribution in [1.82, 2.24) is 9.55 Å². The van der Waals surface area contributed by atoms with E-state index in [1.165, 1.54) is 24.3 Å². The average molecular weight is 419 g/mol. The van der Waals surface area contributed by atoms with Gasteiger partial charge in [-0.2, -0.15) is 0 Å². The summed E-state index contributed by atoms with van der Waals surface area (Å²) < 4.78 is 29.4. The Morgan fingerprint density at radius 1 is 1.10 bits per heavy atom. The number of aromatic nitrogens is 2. The molecule has 108 valence electrons. The van der Waals surface area contributed by atoms with Crippen LogP contribution in [-0.4, -0.2) is 15.4 Å². The summed E-state index contributed by atoms with van der Waals surface area (Å²) in [4.78, 5) is 4.50. The number of nitrogens with zero attached hydrogens (tertiary/aromatic N) is 2. The van der Waals surface area contributed by atoms with Gasteiger partial charge in [0.05, 0.1) is 16.7 Å². The molecule has 0 saturated heterocycles. The van der Waals surface area contributed by atoms with E-state index in [0.717, 1.165) is 15.1 Å². The maximum absolute atomic E-state index is 13.6. The molecule has 1 aromatic heterocycles. The third-order valence-electron chi connectivity index (χ3n) is 3.15. The summed E-state index contributed by atoms with van der Waals surface area (Å²) in [5.41, 5.74) is 2.11. The zero-order chi connectivity index (χ0) is 15.0. The van der Waals surface area contributed by atoms with Crippen LogP contribution >= 0.6 is 34.2 Å². The number of aryl methyl sites for hydroxylation is 1. The molecule has 2 nitrogen and oxygen atoms in total. The quantitative estimate of drug-likeness (QED) is 0.446. The molecule has 0 spiro atoms. The maximum Gasteiger partial charge on any atom is 0.125 e. The lowest BCUT2D eigenvalue weighted by Gasteiger charge is -2.11. The largest absolute Gasteiger partial charge is 0.295 e. The topological polar surface area (TPSA) is 17.8 Å². The second-order valence-corrected chi connectivity index (χ2v) is 6.07. The van der Waals surface area contributed by atoms with Gasteiger partial charge >= 0.3 is 0 Å². The van der Waals surface area contributed by atoms with Crippen LogP contribution in [0.5, 0.6) is 0 Å². The number of hydrogen-bond donors (Lipinski definition) is 0. The summed E-state index contributed by atoms with van der Waals surface area (Å²) in [5.74, 6) is 0.495. The number of fused-ring (bicyclic) bond motifs is 1. The van der Waals surface area contributed by atoms with Crippen LogP contribution in [0, 0.1) is 15.2 Å². The SMILES string of the molecule is Fc1ccc(-n2c(CCCl)nc3ccc(F)cc32)c(I)c1. The molecule has 0 aliphatic carbocycles. The number of benzene rings is 2. The third kappa shape index (κ3) is 2.76. The minimum atomic E-state index is -0.335. The Bertz CT molecular complexity index is 817. The smallest absolute Gasteiger partial charge is 0.125 e. The van der Waals surface area contributed by atoms with Crippen LogP contribution in [-0.2, 0) is 6.42 Å². The second kappa shape index (κ2) is 5.88. The predicted octanol–water partition coefficient (Wildman–Crippen LogP) is 4.69. The molecular formula is C15H10ClF2IN2. The zero-order valence-electron chi connectivity index (χ0n) is 10.8. The first-order valence-electron chi connectivity index (χ1n) is 6.28. The number of rotatable bonds is 3. The summed E-state index contributed by atoms with van der Waals surface area (Å²) in [5, 5.41) is 0. The first-order chi connectivity index (χ1) is 10.1. The van der Waals surface area contributed by atoms with Crippen molar-refractivity contribution >= 4 is 45.2 Å². The molecule has 3 rings (SSSR count). The lowest BCUT2D eigenvalue weighted by molar-refractivity contribution is 0.625. The zero-order valence-corrected chi connectivity index (χ0v) is 13.7. The van der Waals surface area contributed by atoms with Gasteiger partial charge in [0.15, 0.2) is 0 Å². The van der Waals surface area contributed by atoms with Gasteiger partial charge in [-0.25, -0.2) is 13.8 Å². The average Bonchev–Trinajstić information content (AvgIpc) is 2.77. The Morgan fingerprint density at radius 2 is 1.81 bits per heavy atom. The fraction of sp³-hybridized carbons (Fsp3) is 0.133. The van der Waals surface area contributed by atoms with Gasteiger partial charge < -0.3 is 0 Å². The van der Waals surface area contributed by atoms with Crippen molar-refractivity contribution in [3.63, 3.8) is 0 Å². The van der Waals surface area contributed by atoms with Gasteiger partial charge in [0.1, 0.15) is 17.5 Å². The summed E-state index contributed by atoms with van der Waals surface area (Å²) >= 11 is 7.89. The highest BCUT2D eigenvalue weighted by molar-refractivity contribution is 14.1. The van der Waals surface area contributed by atoms with Crippen molar-refractivity contribution in [2.24, 2.45) is 0 Å². The monoisotopic (exact) mass is 418 g/mol. The number of halogens is 4. The maximum atomic E-state index is 13.6. The van der Waals surface area contributed by atoms with E-state index in [1.54, 1.807) is 12.1 Å². The van der Waals surface area contributed by atoms with Crippen LogP contribution in [0.3, 0.4) is 0 Å². The van der Waals surface area contributed by atoms with E-state index in [4.69, 9.17) is 11.6 Å². The van der Waals surface area contributed by atoms with E-state index in [0.29, 0.717) is 23.3 Å². The molecule has 1 heterocycles. The normalized spacial score (nSPS) is 11.2. The minimum absolute atomic E-state index is 0.308. The van der Waals surface area contributed by atoms with Gasteiger partial charge in [0, 0.05) is 21.9 Å². The Hall–Kier alpha value is -1.21. The molecule has 6 heteroatoms. The molecule has 21 heavy (non-hydrogen) atoms. The Balaban J connectivity index is 2.32. The highest BCUT2D eigenvalue weighted by Gasteiger charge is 2.15. The second-order valence-electron chi connectivity index (χ2n) is 4.53. The van der Waals surface area contributed by atoms with Crippen LogP contribution < -0.4 is 0 Å². The van der Waals surface area contributed by atoms with Gasteiger partial charge in [-0.05, 0) is 52.9 Å². The fourth-order valence-corrected chi connectivity index (χ4v) is 3.17. The summed E-state index contributed by atoms with van der Waals surface area (Å²) in [6.45, 7) is 0. The first-order valence-corrected chi connectivity index (χ1v) is 7.90. The lowest BCUT2D eigenvalue weighted by Crippen LogP contribution is -2.04. The van der Waals surface area contributed by atoms with Crippen LogP contribution in [0.1, 0.15) is 5.82 Å². The van der Waals surface area contributed by atoms with Gasteiger partial charge in [-0.3, -0.25) is 4.57 Å². The van der Waals surface area contributed by atoms with Crippen LogP contribution in [0.25, 0.3) is 16.7 Å². The summed E-state index contributed by atoms with van der Waals surface area (Å²) in [7, 11) is 0. The van der Waals surface area contributed by atoms with Crippen LogP contribution in [0.2, 0.25) is 0 Å². The lowest BCUT2D eigenvalue weighted by atomic mass is 10.2. The van der Waals surface area contributed by atoms with Gasteiger partial charge in [0.25, 0.3) is 0 Å². The third-order valence-corrected chi connectivity index (χ3v) is 4.21. The van der Waals surface area contributed by atoms with Crippen molar-refractivity contribution in [3.8, 4) is 5.69 Å².